The molecule has 2 rings (SSSR count). The van der Waals surface area contributed by atoms with Crippen LogP contribution in [-0.4, -0.2) is 5.91 Å². The Hall–Kier alpha value is -2.40. The van der Waals surface area contributed by atoms with Crippen molar-refractivity contribution in [3.63, 3.8) is 0 Å². The van der Waals surface area contributed by atoms with Crippen LogP contribution in [0.2, 0.25) is 0 Å². The van der Waals surface area contributed by atoms with Crippen molar-refractivity contribution in [2.24, 2.45) is 0 Å². The molecule has 0 spiro atoms. The average Bonchev–Trinajstić information content (AvgIpc) is 2.54. The summed E-state index contributed by atoms with van der Waals surface area (Å²) >= 11 is 0. The Morgan fingerprint density at radius 2 is 1.94 bits per heavy atom. The Morgan fingerprint density at radius 1 is 1.29 bits per heavy atom. The van der Waals surface area contributed by atoms with E-state index in [2.05, 4.69) is 5.32 Å². The monoisotopic (exact) mass is 229 g/mol. The number of nitrogens with zero attached hydrogens (tertiary/aromatic N) is 2. The van der Waals surface area contributed by atoms with Gasteiger partial charge in [0.1, 0.15) is 11.2 Å². The van der Waals surface area contributed by atoms with Crippen LogP contribution in [0.4, 0.5) is 10.1 Å². The van der Waals surface area contributed by atoms with Crippen molar-refractivity contribution in [3.05, 3.63) is 29.6 Å². The van der Waals surface area contributed by atoms with E-state index in [0.29, 0.717) is 11.3 Å². The second-order valence-corrected chi connectivity index (χ2v) is 3.90. The number of fused-ring (bicyclic) bond motifs is 1. The average molecular weight is 229 g/mol. The quantitative estimate of drug-likeness (QED) is 0.840. The fraction of sp³-hybridized carbons (Fsp3) is 0.250. The number of rotatable bonds is 2. The van der Waals surface area contributed by atoms with Crippen molar-refractivity contribution < 1.29 is 9.18 Å². The standard InChI is InChI=1S/C12H8FN3O/c13-8-1-2-10-9(7-8)12(3-5-14,4-6-15)11(17)16-10/h1-2,7H,3-4H2,(H,16,17). The van der Waals surface area contributed by atoms with E-state index in [1.54, 1.807) is 0 Å². The number of hydrogen-bond acceptors (Lipinski definition) is 3. The first kappa shape index (κ1) is 11.1. The van der Waals surface area contributed by atoms with Crippen LogP contribution < -0.4 is 5.32 Å². The molecule has 0 atom stereocenters. The summed E-state index contributed by atoms with van der Waals surface area (Å²) in [6.45, 7) is 0. The lowest BCUT2D eigenvalue weighted by atomic mass is 9.76. The molecule has 0 aromatic heterocycles. The van der Waals surface area contributed by atoms with Crippen LogP contribution in [0, 0.1) is 28.5 Å². The summed E-state index contributed by atoms with van der Waals surface area (Å²) in [5.41, 5.74) is -0.367. The van der Waals surface area contributed by atoms with Gasteiger partial charge < -0.3 is 5.32 Å². The number of nitriles is 2. The number of nitrogens with one attached hydrogen (secondary N) is 1. The molecule has 0 saturated heterocycles. The van der Waals surface area contributed by atoms with Crippen molar-refractivity contribution in [3.8, 4) is 12.1 Å². The minimum absolute atomic E-state index is 0.136. The van der Waals surface area contributed by atoms with E-state index in [1.807, 2.05) is 12.1 Å². The third kappa shape index (κ3) is 1.53. The molecule has 1 N–H and O–H groups in total. The van der Waals surface area contributed by atoms with E-state index in [1.165, 1.54) is 18.2 Å². The van der Waals surface area contributed by atoms with Crippen LogP contribution in [0.25, 0.3) is 0 Å². The molecule has 1 heterocycles. The third-order valence-corrected chi connectivity index (χ3v) is 2.94. The largest absolute Gasteiger partial charge is 0.325 e. The van der Waals surface area contributed by atoms with Crippen LogP contribution in [0.15, 0.2) is 18.2 Å². The molecule has 0 bridgehead atoms. The van der Waals surface area contributed by atoms with Crippen LogP contribution in [0.3, 0.4) is 0 Å². The van der Waals surface area contributed by atoms with Crippen molar-refractivity contribution in [2.45, 2.75) is 18.3 Å². The molecule has 0 radical (unpaired) electrons. The molecule has 0 saturated carbocycles. The second-order valence-electron chi connectivity index (χ2n) is 3.90. The molecule has 1 amide bonds. The van der Waals surface area contributed by atoms with Crippen molar-refractivity contribution >= 4 is 11.6 Å². The first-order valence-electron chi connectivity index (χ1n) is 4.99. The molecule has 1 aliphatic heterocycles. The Labute approximate surface area is 97.3 Å². The Morgan fingerprint density at radius 3 is 2.53 bits per heavy atom. The SMILES string of the molecule is N#CCC1(CC#N)C(=O)Nc2ccc(F)cc21. The maximum Gasteiger partial charge on any atom is 0.237 e. The summed E-state index contributed by atoms with van der Waals surface area (Å²) in [5, 5.41) is 20.2. The van der Waals surface area contributed by atoms with Gasteiger partial charge in [-0.3, -0.25) is 4.79 Å². The Kier molecular flexibility index (Phi) is 2.53. The zero-order valence-electron chi connectivity index (χ0n) is 8.83. The molecule has 1 aliphatic rings. The van der Waals surface area contributed by atoms with E-state index in [-0.39, 0.29) is 12.8 Å². The van der Waals surface area contributed by atoms with Crippen LogP contribution in [-0.2, 0) is 10.2 Å². The zero-order valence-corrected chi connectivity index (χ0v) is 8.83. The molecule has 84 valence electrons. The minimum atomic E-state index is -1.24. The summed E-state index contributed by atoms with van der Waals surface area (Å²) < 4.78 is 13.2. The van der Waals surface area contributed by atoms with Gasteiger partial charge in [-0.15, -0.1) is 0 Å². The minimum Gasteiger partial charge on any atom is -0.325 e. The highest BCUT2D eigenvalue weighted by atomic mass is 19.1. The van der Waals surface area contributed by atoms with E-state index in [4.69, 9.17) is 10.5 Å². The summed E-state index contributed by atoms with van der Waals surface area (Å²) in [5.74, 6) is -0.901. The normalized spacial score (nSPS) is 15.6. The maximum absolute atomic E-state index is 13.2. The third-order valence-electron chi connectivity index (χ3n) is 2.94. The van der Waals surface area contributed by atoms with E-state index < -0.39 is 17.1 Å². The number of benzene rings is 1. The summed E-state index contributed by atoms with van der Waals surface area (Å²) in [7, 11) is 0. The molecule has 5 heteroatoms. The molecule has 17 heavy (non-hydrogen) atoms. The fourth-order valence-electron chi connectivity index (χ4n) is 2.07. The van der Waals surface area contributed by atoms with E-state index in [9.17, 15) is 9.18 Å². The van der Waals surface area contributed by atoms with Gasteiger partial charge in [-0.1, -0.05) is 0 Å². The lowest BCUT2D eigenvalue weighted by Gasteiger charge is -2.20. The number of halogens is 1. The lowest BCUT2D eigenvalue weighted by molar-refractivity contribution is -0.120. The van der Waals surface area contributed by atoms with Gasteiger partial charge in [0.15, 0.2) is 0 Å². The molecular weight excluding hydrogens is 221 g/mol. The van der Waals surface area contributed by atoms with Gasteiger partial charge in [0.25, 0.3) is 0 Å². The van der Waals surface area contributed by atoms with Gasteiger partial charge in [-0.05, 0) is 23.8 Å². The Balaban J connectivity index is 2.62. The van der Waals surface area contributed by atoms with Crippen molar-refractivity contribution in [2.75, 3.05) is 5.32 Å². The smallest absolute Gasteiger partial charge is 0.237 e. The predicted octanol–water partition coefficient (Wildman–Crippen LogP) is 1.84. The van der Waals surface area contributed by atoms with Crippen LogP contribution >= 0.6 is 0 Å². The van der Waals surface area contributed by atoms with E-state index >= 15 is 0 Å². The van der Waals surface area contributed by atoms with Gasteiger partial charge in [0.2, 0.25) is 5.91 Å². The molecular formula is C12H8FN3O. The topological polar surface area (TPSA) is 76.7 Å². The highest BCUT2D eigenvalue weighted by Crippen LogP contribution is 2.42. The molecule has 1 aromatic carbocycles. The summed E-state index contributed by atoms with van der Waals surface area (Å²) in [6, 6.07) is 7.67. The van der Waals surface area contributed by atoms with Crippen LogP contribution in [0.1, 0.15) is 18.4 Å². The van der Waals surface area contributed by atoms with Gasteiger partial charge in [0, 0.05) is 5.69 Å². The number of hydrogen-bond donors (Lipinski definition) is 1. The molecule has 0 unspecified atom stereocenters. The van der Waals surface area contributed by atoms with Gasteiger partial charge >= 0.3 is 0 Å². The number of anilines is 1. The Bertz CT molecular complexity index is 552. The highest BCUT2D eigenvalue weighted by Gasteiger charge is 2.46. The highest BCUT2D eigenvalue weighted by molar-refractivity contribution is 6.06. The predicted molar refractivity (Wildman–Crippen MR) is 57.2 cm³/mol. The van der Waals surface area contributed by atoms with Crippen LogP contribution in [0.5, 0.6) is 0 Å². The van der Waals surface area contributed by atoms with Crippen molar-refractivity contribution in [1.82, 2.24) is 0 Å². The van der Waals surface area contributed by atoms with Gasteiger partial charge in [-0.25, -0.2) is 4.39 Å². The zero-order chi connectivity index (χ0) is 12.5. The molecule has 0 aliphatic carbocycles. The number of carbonyl (C=O) groups is 1. The molecule has 4 nitrogen and oxygen atoms in total. The number of carbonyl (C=O) groups excluding carboxylic acids is 1. The lowest BCUT2D eigenvalue weighted by Crippen LogP contribution is -2.33. The first-order chi connectivity index (χ1) is 8.14. The van der Waals surface area contributed by atoms with Gasteiger partial charge in [0.05, 0.1) is 25.0 Å². The molecule has 0 fully saturated rings. The summed E-state index contributed by atoms with van der Waals surface area (Å²) in [6.07, 6.45) is -0.272. The van der Waals surface area contributed by atoms with E-state index in [0.717, 1.165) is 0 Å². The fourth-order valence-corrected chi connectivity index (χ4v) is 2.07. The molecule has 1 aromatic rings. The maximum atomic E-state index is 13.2. The number of amides is 1. The van der Waals surface area contributed by atoms with Crippen molar-refractivity contribution in [1.29, 1.82) is 10.5 Å². The second kappa shape index (κ2) is 3.88. The van der Waals surface area contributed by atoms with Gasteiger partial charge in [-0.2, -0.15) is 10.5 Å². The first-order valence-corrected chi connectivity index (χ1v) is 4.99. The summed E-state index contributed by atoms with van der Waals surface area (Å²) in [4.78, 5) is 11.9.